The number of fused-ring (bicyclic) bond motifs is 1. The number of hydrogen-bond acceptors (Lipinski definition) is 3. The summed E-state index contributed by atoms with van der Waals surface area (Å²) in [6.07, 6.45) is 3.52. The lowest BCUT2D eigenvalue weighted by atomic mass is 10.2. The van der Waals surface area contributed by atoms with E-state index in [4.69, 9.17) is 5.11 Å². The highest BCUT2D eigenvalue weighted by molar-refractivity contribution is 5.94. The third kappa shape index (κ3) is 3.88. The van der Waals surface area contributed by atoms with E-state index >= 15 is 0 Å². The van der Waals surface area contributed by atoms with Crippen molar-refractivity contribution in [3.8, 4) is 0 Å². The van der Waals surface area contributed by atoms with Gasteiger partial charge in [-0.15, -0.1) is 0 Å². The number of benzene rings is 1. The fourth-order valence-corrected chi connectivity index (χ4v) is 2.74. The zero-order chi connectivity index (χ0) is 18.0. The predicted molar refractivity (Wildman–Crippen MR) is 94.6 cm³/mol. The molecule has 0 saturated carbocycles. The van der Waals surface area contributed by atoms with Gasteiger partial charge in [0.25, 0.3) is 0 Å². The molecule has 0 radical (unpaired) electrons. The van der Waals surface area contributed by atoms with Crippen LogP contribution in [-0.2, 0) is 17.9 Å². The average molecular weight is 340 g/mol. The third-order valence-electron chi connectivity index (χ3n) is 3.78. The molecule has 1 amide bonds. The van der Waals surface area contributed by atoms with E-state index in [9.17, 15) is 9.59 Å². The number of amides is 1. The number of aromatic carboxylic acids is 1. The van der Waals surface area contributed by atoms with E-state index in [-0.39, 0.29) is 18.1 Å². The quantitative estimate of drug-likeness (QED) is 0.722. The minimum absolute atomic E-state index is 0.0420. The van der Waals surface area contributed by atoms with E-state index in [0.717, 1.165) is 17.4 Å². The molecule has 0 aliphatic rings. The van der Waals surface area contributed by atoms with Crippen LogP contribution in [0.3, 0.4) is 0 Å². The van der Waals surface area contributed by atoms with Crippen LogP contribution < -0.4 is 5.32 Å². The van der Waals surface area contributed by atoms with Crippen molar-refractivity contribution in [1.29, 1.82) is 0 Å². The van der Waals surface area contributed by atoms with Crippen molar-refractivity contribution in [2.45, 2.75) is 26.9 Å². The van der Waals surface area contributed by atoms with E-state index in [1.165, 1.54) is 16.9 Å². The summed E-state index contributed by atoms with van der Waals surface area (Å²) < 4.78 is 3.50. The van der Waals surface area contributed by atoms with Gasteiger partial charge < -0.3 is 15.0 Å². The molecule has 7 heteroatoms. The smallest absolute Gasteiger partial charge is 0.356 e. The molecule has 2 aromatic heterocycles. The first kappa shape index (κ1) is 16.8. The Morgan fingerprint density at radius 3 is 2.68 bits per heavy atom. The number of rotatable bonds is 6. The minimum Gasteiger partial charge on any atom is -0.476 e. The Bertz CT molecular complexity index is 923. The van der Waals surface area contributed by atoms with E-state index in [0.29, 0.717) is 11.6 Å². The molecule has 0 saturated heterocycles. The van der Waals surface area contributed by atoms with Gasteiger partial charge in [0.1, 0.15) is 6.54 Å². The summed E-state index contributed by atoms with van der Waals surface area (Å²) in [5.41, 5.74) is 1.75. The van der Waals surface area contributed by atoms with E-state index in [1.54, 1.807) is 0 Å². The van der Waals surface area contributed by atoms with Crippen LogP contribution in [0, 0.1) is 5.92 Å². The van der Waals surface area contributed by atoms with Gasteiger partial charge in [0.15, 0.2) is 5.69 Å². The van der Waals surface area contributed by atoms with Crippen molar-refractivity contribution >= 4 is 28.5 Å². The van der Waals surface area contributed by atoms with Gasteiger partial charge in [0.2, 0.25) is 5.91 Å². The van der Waals surface area contributed by atoms with Crippen LogP contribution in [0.1, 0.15) is 24.3 Å². The monoisotopic (exact) mass is 340 g/mol. The van der Waals surface area contributed by atoms with Crippen molar-refractivity contribution in [2.24, 2.45) is 5.92 Å². The van der Waals surface area contributed by atoms with Gasteiger partial charge in [-0.25, -0.2) is 4.79 Å². The second-order valence-corrected chi connectivity index (χ2v) is 6.39. The summed E-state index contributed by atoms with van der Waals surface area (Å²) >= 11 is 0. The number of hydrogen-bond donors (Lipinski definition) is 2. The molecule has 0 unspecified atom stereocenters. The van der Waals surface area contributed by atoms with Gasteiger partial charge in [-0.1, -0.05) is 13.8 Å². The summed E-state index contributed by atoms with van der Waals surface area (Å²) in [5, 5.41) is 16.5. The minimum atomic E-state index is -1.12. The third-order valence-corrected chi connectivity index (χ3v) is 3.78. The maximum absolute atomic E-state index is 12.1. The van der Waals surface area contributed by atoms with E-state index in [2.05, 4.69) is 28.8 Å². The Labute approximate surface area is 144 Å². The second-order valence-electron chi connectivity index (χ2n) is 6.39. The van der Waals surface area contributed by atoms with Gasteiger partial charge >= 0.3 is 5.97 Å². The first-order chi connectivity index (χ1) is 11.9. The largest absolute Gasteiger partial charge is 0.476 e. The maximum Gasteiger partial charge on any atom is 0.356 e. The van der Waals surface area contributed by atoms with Gasteiger partial charge in [-0.3, -0.25) is 9.48 Å². The van der Waals surface area contributed by atoms with Crippen molar-refractivity contribution in [2.75, 3.05) is 5.32 Å². The van der Waals surface area contributed by atoms with Crippen LogP contribution in [0.5, 0.6) is 0 Å². The molecule has 0 aliphatic carbocycles. The lowest BCUT2D eigenvalue weighted by molar-refractivity contribution is -0.116. The van der Waals surface area contributed by atoms with Gasteiger partial charge in [0.05, 0.1) is 0 Å². The molecule has 3 aromatic rings. The highest BCUT2D eigenvalue weighted by atomic mass is 16.4. The van der Waals surface area contributed by atoms with Crippen LogP contribution in [0.2, 0.25) is 0 Å². The zero-order valence-corrected chi connectivity index (χ0v) is 14.1. The van der Waals surface area contributed by atoms with Crippen LogP contribution >= 0.6 is 0 Å². The number of nitrogens with zero attached hydrogens (tertiary/aromatic N) is 3. The molecule has 2 N–H and O–H groups in total. The Hall–Kier alpha value is -3.09. The Morgan fingerprint density at radius 2 is 2.00 bits per heavy atom. The molecule has 0 fully saturated rings. The number of carbonyl (C=O) groups excluding carboxylic acids is 1. The normalized spacial score (nSPS) is 11.2. The van der Waals surface area contributed by atoms with Crippen LogP contribution in [0.4, 0.5) is 5.69 Å². The highest BCUT2D eigenvalue weighted by Gasteiger charge is 2.10. The molecule has 1 aromatic carbocycles. The number of anilines is 1. The average Bonchev–Trinajstić information content (AvgIpc) is 3.14. The SMILES string of the molecule is CC(C)Cn1ccc2cc(NC(=O)Cn3ccc(C(=O)O)n3)ccc21. The lowest BCUT2D eigenvalue weighted by Crippen LogP contribution is -2.19. The molecule has 0 atom stereocenters. The van der Waals surface area contributed by atoms with Crippen molar-refractivity contribution in [1.82, 2.24) is 14.3 Å². The molecule has 25 heavy (non-hydrogen) atoms. The number of carboxylic acids is 1. The van der Waals surface area contributed by atoms with Crippen LogP contribution in [0.25, 0.3) is 10.9 Å². The molecule has 7 nitrogen and oxygen atoms in total. The van der Waals surface area contributed by atoms with Gasteiger partial charge in [-0.05, 0) is 36.2 Å². The Kier molecular flexibility index (Phi) is 4.56. The fraction of sp³-hybridized carbons (Fsp3) is 0.278. The summed E-state index contributed by atoms with van der Waals surface area (Å²) in [7, 11) is 0. The summed E-state index contributed by atoms with van der Waals surface area (Å²) in [4.78, 5) is 22.9. The zero-order valence-electron chi connectivity index (χ0n) is 14.1. The van der Waals surface area contributed by atoms with Crippen LogP contribution in [0.15, 0.2) is 42.7 Å². The number of carboxylic acid groups (broad SMARTS) is 1. The molecule has 3 rings (SSSR count). The molecule has 130 valence electrons. The molecule has 0 spiro atoms. The molecular weight excluding hydrogens is 320 g/mol. The van der Waals surface area contributed by atoms with Crippen molar-refractivity contribution in [3.05, 3.63) is 48.4 Å². The van der Waals surface area contributed by atoms with E-state index in [1.807, 2.05) is 30.5 Å². The van der Waals surface area contributed by atoms with E-state index < -0.39 is 5.97 Å². The topological polar surface area (TPSA) is 89.2 Å². The Morgan fingerprint density at radius 1 is 1.20 bits per heavy atom. The first-order valence-electron chi connectivity index (χ1n) is 8.08. The molecule has 0 aliphatic heterocycles. The summed E-state index contributed by atoms with van der Waals surface area (Å²) in [6.45, 7) is 5.25. The summed E-state index contributed by atoms with van der Waals surface area (Å²) in [5.74, 6) is -0.823. The predicted octanol–water partition coefficient (Wildman–Crippen LogP) is 2.83. The first-order valence-corrected chi connectivity index (χ1v) is 8.08. The Balaban J connectivity index is 1.69. The van der Waals surface area contributed by atoms with Gasteiger partial charge in [0, 0.05) is 35.5 Å². The fourth-order valence-electron chi connectivity index (χ4n) is 2.74. The molecule has 2 heterocycles. The second kappa shape index (κ2) is 6.80. The maximum atomic E-state index is 12.1. The van der Waals surface area contributed by atoms with Gasteiger partial charge in [-0.2, -0.15) is 5.10 Å². The molecular formula is C18H20N4O3. The van der Waals surface area contributed by atoms with Crippen LogP contribution in [-0.4, -0.2) is 31.3 Å². The summed E-state index contributed by atoms with van der Waals surface area (Å²) in [6, 6.07) is 9.17. The number of carbonyl (C=O) groups is 2. The number of aromatic nitrogens is 3. The number of nitrogens with one attached hydrogen (secondary N) is 1. The molecule has 0 bridgehead atoms. The standard InChI is InChI=1S/C18H20N4O3/c1-12(2)10-21-7-5-13-9-14(3-4-16(13)21)19-17(23)11-22-8-6-15(20-22)18(24)25/h3-9,12H,10-11H2,1-2H3,(H,19,23)(H,24,25). The lowest BCUT2D eigenvalue weighted by Gasteiger charge is -2.09. The van der Waals surface area contributed by atoms with Crippen molar-refractivity contribution in [3.63, 3.8) is 0 Å². The van der Waals surface area contributed by atoms with Crippen molar-refractivity contribution < 1.29 is 14.7 Å². The highest BCUT2D eigenvalue weighted by Crippen LogP contribution is 2.21.